The fraction of sp³-hybridized carbons (Fsp3) is 0.391. The fourth-order valence-electron chi connectivity index (χ4n) is 3.52. The van der Waals surface area contributed by atoms with Crippen molar-refractivity contribution in [3.05, 3.63) is 71.0 Å². The highest BCUT2D eigenvalue weighted by molar-refractivity contribution is 14.0. The molecule has 2 aromatic rings. The summed E-state index contributed by atoms with van der Waals surface area (Å²) < 4.78 is 19.3. The average molecular weight is 540 g/mol. The summed E-state index contributed by atoms with van der Waals surface area (Å²) in [5, 5.41) is 3.39. The van der Waals surface area contributed by atoms with Crippen LogP contribution in [-0.4, -0.2) is 62.0 Å². The van der Waals surface area contributed by atoms with E-state index >= 15 is 0 Å². The molecular formula is C23H30FIN4O2. The second-order valence-corrected chi connectivity index (χ2v) is 7.69. The smallest absolute Gasteiger partial charge is 0.253 e. The molecule has 0 saturated carbocycles. The van der Waals surface area contributed by atoms with Crippen LogP contribution < -0.4 is 5.32 Å². The van der Waals surface area contributed by atoms with Crippen LogP contribution in [0.1, 0.15) is 34.5 Å². The van der Waals surface area contributed by atoms with Gasteiger partial charge < -0.3 is 19.9 Å². The van der Waals surface area contributed by atoms with Crippen LogP contribution >= 0.6 is 24.0 Å². The Morgan fingerprint density at radius 1 is 1.16 bits per heavy atom. The quantitative estimate of drug-likeness (QED) is 0.366. The number of aliphatic imine (C=N–C) groups is 1. The van der Waals surface area contributed by atoms with Gasteiger partial charge in [-0.25, -0.2) is 4.39 Å². The van der Waals surface area contributed by atoms with E-state index in [1.54, 1.807) is 38.2 Å². The minimum Gasteiger partial charge on any atom is -0.367 e. The summed E-state index contributed by atoms with van der Waals surface area (Å²) >= 11 is 0. The lowest BCUT2D eigenvalue weighted by atomic mass is 10.1. The molecule has 6 nitrogen and oxygen atoms in total. The van der Waals surface area contributed by atoms with Crippen LogP contribution in [0.15, 0.2) is 53.5 Å². The van der Waals surface area contributed by atoms with E-state index in [0.29, 0.717) is 25.2 Å². The Balaban J connectivity index is 0.00000341. The van der Waals surface area contributed by atoms with Gasteiger partial charge in [-0.05, 0) is 42.3 Å². The van der Waals surface area contributed by atoms with Gasteiger partial charge in [-0.2, -0.15) is 0 Å². The molecule has 0 radical (unpaired) electrons. The third-order valence-electron chi connectivity index (χ3n) is 5.07. The molecule has 1 saturated heterocycles. The average Bonchev–Trinajstić information content (AvgIpc) is 2.74. The van der Waals surface area contributed by atoms with Gasteiger partial charge in [-0.15, -0.1) is 24.0 Å². The first-order chi connectivity index (χ1) is 14.4. The van der Waals surface area contributed by atoms with Crippen molar-refractivity contribution in [2.75, 3.05) is 34.2 Å². The Hall–Kier alpha value is -2.20. The first-order valence-electron chi connectivity index (χ1n) is 10.0. The number of nitrogens with zero attached hydrogens (tertiary/aromatic N) is 3. The lowest BCUT2D eigenvalue weighted by molar-refractivity contribution is -0.0605. The molecule has 31 heavy (non-hydrogen) atoms. The van der Waals surface area contributed by atoms with Gasteiger partial charge in [-0.3, -0.25) is 9.79 Å². The minimum absolute atomic E-state index is 0. The molecule has 0 bridgehead atoms. The molecular weight excluding hydrogens is 510 g/mol. The summed E-state index contributed by atoms with van der Waals surface area (Å²) in [6, 6.07) is 14.0. The fourth-order valence-corrected chi connectivity index (χ4v) is 3.52. The molecule has 0 spiro atoms. The van der Waals surface area contributed by atoms with Crippen molar-refractivity contribution in [1.82, 2.24) is 15.1 Å². The first kappa shape index (κ1) is 25.1. The number of carbonyl (C=O) groups excluding carboxylic acids is 1. The molecule has 1 aliphatic rings. The second-order valence-electron chi connectivity index (χ2n) is 7.69. The van der Waals surface area contributed by atoms with E-state index in [4.69, 9.17) is 4.74 Å². The summed E-state index contributed by atoms with van der Waals surface area (Å²) in [4.78, 5) is 20.2. The number of guanidine groups is 1. The van der Waals surface area contributed by atoms with Crippen LogP contribution in [0.5, 0.6) is 0 Å². The van der Waals surface area contributed by atoms with Crippen LogP contribution in [0, 0.1) is 5.82 Å². The predicted octanol–water partition coefficient (Wildman–Crippen LogP) is 3.68. The molecule has 0 aromatic heterocycles. The van der Waals surface area contributed by atoms with E-state index in [0.717, 1.165) is 17.1 Å². The highest BCUT2D eigenvalue weighted by Gasteiger charge is 2.28. The summed E-state index contributed by atoms with van der Waals surface area (Å²) in [5.74, 6) is 0.514. The van der Waals surface area contributed by atoms with Crippen LogP contribution in [0.2, 0.25) is 0 Å². The Bertz CT molecular complexity index is 887. The summed E-state index contributed by atoms with van der Waals surface area (Å²) in [6.07, 6.45) is -0.132. The van der Waals surface area contributed by atoms with Crippen LogP contribution in [-0.2, 0) is 11.3 Å². The van der Waals surface area contributed by atoms with Crippen LogP contribution in [0.25, 0.3) is 0 Å². The third-order valence-corrected chi connectivity index (χ3v) is 5.07. The van der Waals surface area contributed by atoms with Gasteiger partial charge in [-0.1, -0.05) is 24.3 Å². The Morgan fingerprint density at radius 2 is 1.81 bits per heavy atom. The van der Waals surface area contributed by atoms with Crippen LogP contribution in [0.4, 0.5) is 4.39 Å². The maximum absolute atomic E-state index is 13.3. The molecule has 1 N–H and O–H groups in total. The monoisotopic (exact) mass is 540 g/mol. The van der Waals surface area contributed by atoms with Gasteiger partial charge in [0.25, 0.3) is 5.91 Å². The number of carbonyl (C=O) groups is 1. The zero-order valence-electron chi connectivity index (χ0n) is 18.3. The minimum atomic E-state index is -0.254. The van der Waals surface area contributed by atoms with E-state index in [2.05, 4.69) is 15.2 Å². The molecule has 2 aromatic carbocycles. The highest BCUT2D eigenvalue weighted by Crippen LogP contribution is 2.25. The van der Waals surface area contributed by atoms with Crippen molar-refractivity contribution < 1.29 is 13.9 Å². The Labute approximate surface area is 200 Å². The number of halogens is 2. The molecule has 1 fully saturated rings. The maximum atomic E-state index is 13.3. The number of hydrogen-bond donors (Lipinski definition) is 1. The molecule has 1 aliphatic heterocycles. The third kappa shape index (κ3) is 6.64. The lowest BCUT2D eigenvalue weighted by Gasteiger charge is -2.38. The molecule has 2 atom stereocenters. The highest BCUT2D eigenvalue weighted by atomic mass is 127. The zero-order chi connectivity index (χ0) is 21.7. The van der Waals surface area contributed by atoms with Crippen molar-refractivity contribution in [2.45, 2.75) is 25.7 Å². The van der Waals surface area contributed by atoms with Gasteiger partial charge in [0.15, 0.2) is 5.96 Å². The maximum Gasteiger partial charge on any atom is 0.253 e. The number of ether oxygens (including phenoxy) is 1. The standard InChI is InChI=1S/C23H29FN4O2.HI/c1-16-14-28(15-21(30-16)18-9-11-20(24)12-10-18)23(25-2)26-13-17-5-7-19(8-6-17)22(29)27(3)4;/h5-12,16,21H,13-15H2,1-4H3,(H,25,26);1H. The zero-order valence-corrected chi connectivity index (χ0v) is 20.7. The van der Waals surface area contributed by atoms with Gasteiger partial charge in [0, 0.05) is 39.8 Å². The van der Waals surface area contributed by atoms with Crippen molar-refractivity contribution in [2.24, 2.45) is 4.99 Å². The summed E-state index contributed by atoms with van der Waals surface area (Å²) in [6.45, 7) is 3.96. The number of amides is 1. The van der Waals surface area contributed by atoms with Gasteiger partial charge >= 0.3 is 0 Å². The van der Waals surface area contributed by atoms with E-state index in [-0.39, 0.29) is 47.9 Å². The van der Waals surface area contributed by atoms with Crippen molar-refractivity contribution in [1.29, 1.82) is 0 Å². The predicted molar refractivity (Wildman–Crippen MR) is 131 cm³/mol. The molecule has 2 unspecified atom stereocenters. The number of nitrogens with one attached hydrogen (secondary N) is 1. The van der Waals surface area contributed by atoms with E-state index in [9.17, 15) is 9.18 Å². The van der Waals surface area contributed by atoms with E-state index < -0.39 is 0 Å². The molecule has 168 valence electrons. The molecule has 1 heterocycles. The SMILES string of the molecule is CN=C(NCc1ccc(C(=O)N(C)C)cc1)N1CC(C)OC(c2ccc(F)cc2)C1.I. The molecule has 8 heteroatoms. The van der Waals surface area contributed by atoms with Gasteiger partial charge in [0.1, 0.15) is 11.9 Å². The number of hydrogen-bond acceptors (Lipinski definition) is 3. The van der Waals surface area contributed by atoms with Gasteiger partial charge in [0.05, 0.1) is 12.6 Å². The van der Waals surface area contributed by atoms with Crippen LogP contribution in [0.3, 0.4) is 0 Å². The largest absolute Gasteiger partial charge is 0.367 e. The van der Waals surface area contributed by atoms with E-state index in [1.807, 2.05) is 31.2 Å². The summed E-state index contributed by atoms with van der Waals surface area (Å²) in [7, 11) is 5.24. The van der Waals surface area contributed by atoms with Gasteiger partial charge in [0.2, 0.25) is 0 Å². The first-order valence-corrected chi connectivity index (χ1v) is 10.0. The number of benzene rings is 2. The lowest BCUT2D eigenvalue weighted by Crippen LogP contribution is -2.50. The Morgan fingerprint density at radius 3 is 2.39 bits per heavy atom. The Kier molecular flexibility index (Phi) is 9.24. The summed E-state index contributed by atoms with van der Waals surface area (Å²) in [5.41, 5.74) is 2.67. The van der Waals surface area contributed by atoms with Crippen molar-refractivity contribution in [3.8, 4) is 0 Å². The number of morpholine rings is 1. The second kappa shape index (κ2) is 11.4. The van der Waals surface area contributed by atoms with E-state index in [1.165, 1.54) is 12.1 Å². The molecule has 3 rings (SSSR count). The van der Waals surface area contributed by atoms with Crippen molar-refractivity contribution >= 4 is 35.8 Å². The normalized spacial score (nSPS) is 18.9. The molecule has 1 amide bonds. The molecule has 0 aliphatic carbocycles. The van der Waals surface area contributed by atoms with Crippen molar-refractivity contribution in [3.63, 3.8) is 0 Å². The topological polar surface area (TPSA) is 57.2 Å². The number of rotatable bonds is 4.